The predicted molar refractivity (Wildman–Crippen MR) is 132 cm³/mol. The van der Waals surface area contributed by atoms with Gasteiger partial charge in [0, 0.05) is 43.5 Å². The van der Waals surface area contributed by atoms with Gasteiger partial charge in [-0.05, 0) is 49.2 Å². The van der Waals surface area contributed by atoms with Crippen molar-refractivity contribution in [3.8, 4) is 17.0 Å². The van der Waals surface area contributed by atoms with E-state index < -0.39 is 0 Å². The van der Waals surface area contributed by atoms with Crippen molar-refractivity contribution in [1.29, 1.82) is 0 Å². The van der Waals surface area contributed by atoms with E-state index >= 15 is 0 Å². The van der Waals surface area contributed by atoms with Crippen LogP contribution < -0.4 is 4.74 Å². The minimum atomic E-state index is 0.159. The lowest BCUT2D eigenvalue weighted by molar-refractivity contribution is 0.0306. The molecule has 4 nitrogen and oxygen atoms in total. The number of piperazine rings is 1. The van der Waals surface area contributed by atoms with E-state index in [0.717, 1.165) is 36.6 Å². The van der Waals surface area contributed by atoms with E-state index in [4.69, 9.17) is 4.74 Å². The molecule has 0 amide bonds. The molecule has 0 bridgehead atoms. The van der Waals surface area contributed by atoms with Crippen molar-refractivity contribution in [2.24, 2.45) is 0 Å². The summed E-state index contributed by atoms with van der Waals surface area (Å²) < 4.78 is 5.56. The van der Waals surface area contributed by atoms with Gasteiger partial charge in [-0.25, -0.2) is 0 Å². The van der Waals surface area contributed by atoms with E-state index in [0.29, 0.717) is 12.1 Å². The quantitative estimate of drug-likeness (QED) is 0.470. The first-order valence-corrected chi connectivity index (χ1v) is 11.4. The lowest BCUT2D eigenvalue weighted by atomic mass is 9.92. The van der Waals surface area contributed by atoms with Crippen LogP contribution in [0, 0.1) is 0 Å². The topological polar surface area (TPSA) is 28.6 Å². The fraction of sp³-hybridized carbons (Fsp3) is 0.321. The molecule has 166 valence electrons. The molecule has 1 aliphatic heterocycles. The molecular formula is C28H33N3O. The number of hydrogen-bond acceptors (Lipinski definition) is 4. The van der Waals surface area contributed by atoms with E-state index in [-0.39, 0.29) is 6.04 Å². The molecule has 0 N–H and O–H groups in total. The number of methoxy groups -OCH3 is 1. The van der Waals surface area contributed by atoms with Crippen molar-refractivity contribution in [2.75, 3.05) is 26.7 Å². The van der Waals surface area contributed by atoms with Crippen LogP contribution in [-0.2, 0) is 0 Å². The Morgan fingerprint density at radius 2 is 1.81 bits per heavy atom. The number of pyridine rings is 1. The summed E-state index contributed by atoms with van der Waals surface area (Å²) >= 11 is 0. The van der Waals surface area contributed by atoms with E-state index in [9.17, 15) is 0 Å². The van der Waals surface area contributed by atoms with Crippen molar-refractivity contribution in [3.05, 3.63) is 96.7 Å². The van der Waals surface area contributed by atoms with E-state index in [1.165, 1.54) is 11.1 Å². The highest BCUT2D eigenvalue weighted by Gasteiger charge is 2.34. The molecule has 0 unspecified atom stereocenters. The van der Waals surface area contributed by atoms with E-state index in [2.05, 4.69) is 83.7 Å². The molecule has 2 heterocycles. The highest BCUT2D eigenvalue weighted by molar-refractivity contribution is 5.59. The molecule has 4 heteroatoms. The third kappa shape index (κ3) is 4.77. The van der Waals surface area contributed by atoms with Gasteiger partial charge < -0.3 is 4.74 Å². The summed E-state index contributed by atoms with van der Waals surface area (Å²) in [7, 11) is 1.73. The third-order valence-corrected chi connectivity index (χ3v) is 6.46. The number of nitrogens with zero attached hydrogens (tertiary/aromatic N) is 3. The fourth-order valence-corrected chi connectivity index (χ4v) is 4.76. The Kier molecular flexibility index (Phi) is 7.03. The molecule has 4 rings (SSSR count). The predicted octanol–water partition coefficient (Wildman–Crippen LogP) is 5.43. The standard InChI is InChI=1S/C28H33N3O/c1-5-17-30-19-22(3)31(20-21(30)2)28(25-9-8-10-26(18-25)32-4)24-14-12-23(13-15-24)27-11-6-7-16-29-27/h5-16,18,21-22,28H,1,17,19-20H2,2-4H3/t21-,22+,28+/m1/s1. The Hall–Kier alpha value is -2.95. The SMILES string of the molecule is C=CCN1C[C@H](C)N([C@@H](c2ccc(-c3ccccn3)cc2)c2cccc(OC)c2)C[C@H]1C. The van der Waals surface area contributed by atoms with Crippen molar-refractivity contribution < 1.29 is 4.74 Å². The van der Waals surface area contributed by atoms with Crippen LogP contribution in [0.2, 0.25) is 0 Å². The number of benzene rings is 2. The highest BCUT2D eigenvalue weighted by atomic mass is 16.5. The van der Waals surface area contributed by atoms with Crippen molar-refractivity contribution in [3.63, 3.8) is 0 Å². The van der Waals surface area contributed by atoms with Gasteiger partial charge in [0.1, 0.15) is 5.75 Å². The van der Waals surface area contributed by atoms with Crippen molar-refractivity contribution in [1.82, 2.24) is 14.8 Å². The summed E-state index contributed by atoms with van der Waals surface area (Å²) in [4.78, 5) is 9.65. The third-order valence-electron chi connectivity index (χ3n) is 6.46. The van der Waals surface area contributed by atoms with E-state index in [1.807, 2.05) is 30.5 Å². The van der Waals surface area contributed by atoms with Crippen LogP contribution in [0.4, 0.5) is 0 Å². The molecule has 3 atom stereocenters. The molecule has 3 aromatic rings. The molecule has 1 aromatic heterocycles. The molecular weight excluding hydrogens is 394 g/mol. The summed E-state index contributed by atoms with van der Waals surface area (Å²) in [5.41, 5.74) is 4.67. The second-order valence-corrected chi connectivity index (χ2v) is 8.65. The minimum absolute atomic E-state index is 0.159. The first-order chi connectivity index (χ1) is 15.6. The lowest BCUT2D eigenvalue weighted by Gasteiger charge is -2.47. The van der Waals surface area contributed by atoms with Gasteiger partial charge in [0.2, 0.25) is 0 Å². The first kappa shape index (κ1) is 22.3. The Morgan fingerprint density at radius 3 is 2.50 bits per heavy atom. The lowest BCUT2D eigenvalue weighted by Crippen LogP contribution is -2.57. The van der Waals surface area contributed by atoms with Gasteiger partial charge in [-0.1, -0.05) is 48.5 Å². The Labute approximate surface area is 192 Å². The second kappa shape index (κ2) is 10.1. The van der Waals surface area contributed by atoms with Crippen LogP contribution in [0.5, 0.6) is 5.75 Å². The monoisotopic (exact) mass is 427 g/mol. The van der Waals surface area contributed by atoms with Crippen LogP contribution in [0.1, 0.15) is 31.0 Å². The summed E-state index contributed by atoms with van der Waals surface area (Å²) in [6.07, 6.45) is 3.85. The Morgan fingerprint density at radius 1 is 1.00 bits per heavy atom. The largest absolute Gasteiger partial charge is 0.497 e. The van der Waals surface area contributed by atoms with Crippen molar-refractivity contribution >= 4 is 0 Å². The van der Waals surface area contributed by atoms with Gasteiger partial charge >= 0.3 is 0 Å². The Balaban J connectivity index is 1.71. The summed E-state index contributed by atoms with van der Waals surface area (Å²) in [6.45, 7) is 11.5. The van der Waals surface area contributed by atoms with Crippen LogP contribution in [0.15, 0.2) is 85.6 Å². The average molecular weight is 428 g/mol. The van der Waals surface area contributed by atoms with Crippen LogP contribution >= 0.6 is 0 Å². The number of aromatic nitrogens is 1. The molecule has 1 saturated heterocycles. The summed E-state index contributed by atoms with van der Waals surface area (Å²) in [5, 5.41) is 0. The van der Waals surface area contributed by atoms with Crippen LogP contribution in [0.25, 0.3) is 11.3 Å². The maximum atomic E-state index is 5.56. The summed E-state index contributed by atoms with van der Waals surface area (Å²) in [6, 6.07) is 24.4. The van der Waals surface area contributed by atoms with Gasteiger partial charge in [-0.2, -0.15) is 0 Å². The molecule has 1 aliphatic rings. The number of rotatable bonds is 7. The second-order valence-electron chi connectivity index (χ2n) is 8.65. The first-order valence-electron chi connectivity index (χ1n) is 11.4. The molecule has 2 aromatic carbocycles. The zero-order chi connectivity index (χ0) is 22.5. The normalized spacial score (nSPS) is 20.6. The maximum Gasteiger partial charge on any atom is 0.119 e. The molecule has 0 spiro atoms. The van der Waals surface area contributed by atoms with Crippen LogP contribution in [0.3, 0.4) is 0 Å². The van der Waals surface area contributed by atoms with Crippen LogP contribution in [-0.4, -0.2) is 53.6 Å². The molecule has 0 saturated carbocycles. The zero-order valence-corrected chi connectivity index (χ0v) is 19.3. The van der Waals surface area contributed by atoms with Gasteiger partial charge in [-0.3, -0.25) is 14.8 Å². The van der Waals surface area contributed by atoms with Gasteiger partial charge in [0.05, 0.1) is 18.8 Å². The smallest absolute Gasteiger partial charge is 0.119 e. The molecule has 0 aliphatic carbocycles. The van der Waals surface area contributed by atoms with Gasteiger partial charge in [0.25, 0.3) is 0 Å². The molecule has 32 heavy (non-hydrogen) atoms. The fourth-order valence-electron chi connectivity index (χ4n) is 4.76. The maximum absolute atomic E-state index is 5.56. The van der Waals surface area contributed by atoms with Gasteiger partial charge in [-0.15, -0.1) is 6.58 Å². The van der Waals surface area contributed by atoms with Gasteiger partial charge in [0.15, 0.2) is 0 Å². The zero-order valence-electron chi connectivity index (χ0n) is 19.3. The number of ether oxygens (including phenoxy) is 1. The highest BCUT2D eigenvalue weighted by Crippen LogP contribution is 2.35. The minimum Gasteiger partial charge on any atom is -0.497 e. The van der Waals surface area contributed by atoms with Crippen molar-refractivity contribution in [2.45, 2.75) is 32.0 Å². The molecule has 0 radical (unpaired) electrons. The number of hydrogen-bond donors (Lipinski definition) is 0. The Bertz CT molecular complexity index is 1020. The molecule has 1 fully saturated rings. The van der Waals surface area contributed by atoms with E-state index in [1.54, 1.807) is 7.11 Å². The average Bonchev–Trinajstić information content (AvgIpc) is 2.83. The summed E-state index contributed by atoms with van der Waals surface area (Å²) in [5.74, 6) is 0.892.